The normalized spacial score (nSPS) is 26.3. The molecule has 1 heterocycles. The molecular weight excluding hydrogens is 318 g/mol. The zero-order chi connectivity index (χ0) is 18.0. The Balaban J connectivity index is 1.50. The van der Waals surface area contributed by atoms with Gasteiger partial charge in [0.1, 0.15) is 0 Å². The van der Waals surface area contributed by atoms with Crippen molar-refractivity contribution in [2.75, 3.05) is 33.2 Å². The number of nitrogens with zero attached hydrogens (tertiary/aromatic N) is 3. The first-order valence-electron chi connectivity index (χ1n) is 9.91. The molecule has 2 saturated carbocycles. The third-order valence-electron chi connectivity index (χ3n) is 6.13. The van der Waals surface area contributed by atoms with Crippen molar-refractivity contribution in [3.63, 3.8) is 0 Å². The number of carbonyl (C=O) groups excluding carboxylic acids is 1. The van der Waals surface area contributed by atoms with Crippen molar-refractivity contribution in [2.24, 2.45) is 5.92 Å². The molecule has 0 aromatic heterocycles. The second-order valence-corrected chi connectivity index (χ2v) is 8.28. The molecule has 2 unspecified atom stereocenters. The molecule has 3 fully saturated rings. The van der Waals surface area contributed by atoms with E-state index in [0.29, 0.717) is 30.6 Å². The first-order chi connectivity index (χ1) is 12.0. The van der Waals surface area contributed by atoms with Crippen LogP contribution in [0.2, 0.25) is 0 Å². The zero-order valence-corrected chi connectivity index (χ0v) is 15.7. The maximum absolute atomic E-state index is 12.9. The van der Waals surface area contributed by atoms with Gasteiger partial charge in [-0.05, 0) is 71.4 Å². The Bertz CT molecular complexity index is 490. The number of hydrogen-bond acceptors (Lipinski definition) is 4. The van der Waals surface area contributed by atoms with Crippen LogP contribution in [-0.2, 0) is 9.59 Å². The van der Waals surface area contributed by atoms with E-state index in [4.69, 9.17) is 5.11 Å². The zero-order valence-electron chi connectivity index (χ0n) is 15.7. The molecule has 6 nitrogen and oxygen atoms in total. The summed E-state index contributed by atoms with van der Waals surface area (Å²) in [4.78, 5) is 30.3. The lowest BCUT2D eigenvalue weighted by Crippen LogP contribution is -2.47. The van der Waals surface area contributed by atoms with Crippen molar-refractivity contribution >= 4 is 11.9 Å². The van der Waals surface area contributed by atoms with E-state index < -0.39 is 5.97 Å². The van der Waals surface area contributed by atoms with Gasteiger partial charge in [-0.3, -0.25) is 19.4 Å². The van der Waals surface area contributed by atoms with Crippen LogP contribution in [-0.4, -0.2) is 83.0 Å². The van der Waals surface area contributed by atoms with E-state index in [9.17, 15) is 9.59 Å². The van der Waals surface area contributed by atoms with Crippen molar-refractivity contribution in [3.05, 3.63) is 0 Å². The fraction of sp³-hybridized carbons (Fsp3) is 0.895. The van der Waals surface area contributed by atoms with Crippen LogP contribution in [0.25, 0.3) is 0 Å². The van der Waals surface area contributed by atoms with Crippen LogP contribution in [0.15, 0.2) is 0 Å². The monoisotopic (exact) mass is 351 g/mol. The van der Waals surface area contributed by atoms with Gasteiger partial charge in [-0.2, -0.15) is 0 Å². The Kier molecular flexibility index (Phi) is 6.00. The topological polar surface area (TPSA) is 64.1 Å². The molecular formula is C19H33N3O3. The van der Waals surface area contributed by atoms with Crippen molar-refractivity contribution in [3.8, 4) is 0 Å². The summed E-state index contributed by atoms with van der Waals surface area (Å²) in [6, 6.07) is 1.20. The van der Waals surface area contributed by atoms with Crippen molar-refractivity contribution in [2.45, 2.75) is 70.0 Å². The summed E-state index contributed by atoms with van der Waals surface area (Å²) in [5.74, 6) is 0.259. The summed E-state index contributed by atoms with van der Waals surface area (Å²) in [6.07, 6.45) is 7.88. The van der Waals surface area contributed by atoms with E-state index in [0.717, 1.165) is 38.3 Å². The van der Waals surface area contributed by atoms with E-state index in [2.05, 4.69) is 16.7 Å². The summed E-state index contributed by atoms with van der Waals surface area (Å²) < 4.78 is 0. The molecule has 0 spiro atoms. The highest BCUT2D eigenvalue weighted by Gasteiger charge is 2.41. The van der Waals surface area contributed by atoms with Crippen LogP contribution in [0.1, 0.15) is 51.9 Å². The molecule has 1 N–H and O–H groups in total. The molecule has 0 radical (unpaired) electrons. The molecule has 3 rings (SSSR count). The van der Waals surface area contributed by atoms with Gasteiger partial charge in [0.25, 0.3) is 0 Å². The van der Waals surface area contributed by atoms with Crippen molar-refractivity contribution in [1.82, 2.24) is 14.7 Å². The maximum Gasteiger partial charge on any atom is 0.317 e. The number of likely N-dealkylation sites (tertiary alicyclic amines) is 1. The molecule has 2 atom stereocenters. The van der Waals surface area contributed by atoms with Crippen LogP contribution in [0.4, 0.5) is 0 Å². The maximum atomic E-state index is 12.9. The van der Waals surface area contributed by atoms with Gasteiger partial charge in [-0.25, -0.2) is 0 Å². The molecule has 25 heavy (non-hydrogen) atoms. The van der Waals surface area contributed by atoms with Gasteiger partial charge in [-0.1, -0.05) is 0 Å². The van der Waals surface area contributed by atoms with Crippen LogP contribution in [0, 0.1) is 5.92 Å². The molecule has 0 aromatic carbocycles. The predicted octanol–water partition coefficient (Wildman–Crippen LogP) is 1.65. The first kappa shape index (κ1) is 18.6. The van der Waals surface area contributed by atoms with Gasteiger partial charge in [0.2, 0.25) is 5.91 Å². The average Bonchev–Trinajstić information content (AvgIpc) is 3.38. The number of rotatable bonds is 8. The molecule has 1 aliphatic heterocycles. The fourth-order valence-electron chi connectivity index (χ4n) is 4.27. The third-order valence-corrected chi connectivity index (χ3v) is 6.13. The molecule has 2 aliphatic carbocycles. The largest absolute Gasteiger partial charge is 0.480 e. The lowest BCUT2D eigenvalue weighted by Gasteiger charge is -2.32. The second-order valence-electron chi connectivity index (χ2n) is 8.28. The minimum absolute atomic E-state index is 0.0952. The Morgan fingerprint density at radius 2 is 1.80 bits per heavy atom. The van der Waals surface area contributed by atoms with Gasteiger partial charge < -0.3 is 10.0 Å². The lowest BCUT2D eigenvalue weighted by atomic mass is 10.1. The molecule has 1 saturated heterocycles. The van der Waals surface area contributed by atoms with E-state index >= 15 is 0 Å². The van der Waals surface area contributed by atoms with Crippen molar-refractivity contribution < 1.29 is 14.7 Å². The number of hydrogen-bond donors (Lipinski definition) is 1. The third kappa shape index (κ3) is 5.17. The molecule has 0 bridgehead atoms. The molecule has 142 valence electrons. The smallest absolute Gasteiger partial charge is 0.317 e. The number of likely N-dealkylation sites (N-methyl/N-ethyl adjacent to an activating group) is 1. The van der Waals surface area contributed by atoms with E-state index in [1.807, 2.05) is 11.9 Å². The molecule has 1 amide bonds. The van der Waals surface area contributed by atoms with Crippen molar-refractivity contribution in [1.29, 1.82) is 0 Å². The summed E-state index contributed by atoms with van der Waals surface area (Å²) in [5.41, 5.74) is 0. The minimum atomic E-state index is -0.770. The van der Waals surface area contributed by atoms with Crippen LogP contribution < -0.4 is 0 Å². The van der Waals surface area contributed by atoms with Gasteiger partial charge in [0, 0.05) is 24.7 Å². The van der Waals surface area contributed by atoms with Gasteiger partial charge in [0.05, 0.1) is 13.1 Å². The minimum Gasteiger partial charge on any atom is -0.480 e. The summed E-state index contributed by atoms with van der Waals surface area (Å²) in [5, 5.41) is 8.97. The summed E-state index contributed by atoms with van der Waals surface area (Å²) >= 11 is 0. The fourth-order valence-corrected chi connectivity index (χ4v) is 4.27. The Hall–Kier alpha value is -1.14. The number of carboxylic acids is 1. The van der Waals surface area contributed by atoms with Gasteiger partial charge in [0.15, 0.2) is 0 Å². The highest BCUT2D eigenvalue weighted by molar-refractivity contribution is 5.79. The Labute approximate surface area is 151 Å². The van der Waals surface area contributed by atoms with E-state index in [1.165, 1.54) is 25.7 Å². The molecule has 3 aliphatic rings. The number of aliphatic carboxylic acids is 1. The van der Waals surface area contributed by atoms with Crippen LogP contribution in [0.3, 0.4) is 0 Å². The SMILES string of the molecule is CC(C1CC1)N(C(=O)CN1CCCC(N(C)CC(=O)O)CC1)C1CC1. The van der Waals surface area contributed by atoms with Gasteiger partial charge >= 0.3 is 5.97 Å². The highest BCUT2D eigenvalue weighted by Crippen LogP contribution is 2.39. The van der Waals surface area contributed by atoms with Crippen LogP contribution >= 0.6 is 0 Å². The lowest BCUT2D eigenvalue weighted by molar-refractivity contribution is -0.138. The van der Waals surface area contributed by atoms with Crippen LogP contribution in [0.5, 0.6) is 0 Å². The summed E-state index contributed by atoms with van der Waals surface area (Å²) in [6.45, 7) is 4.68. The van der Waals surface area contributed by atoms with E-state index in [1.54, 1.807) is 0 Å². The Morgan fingerprint density at radius 1 is 1.08 bits per heavy atom. The standard InChI is InChI=1S/C19H33N3O3/c1-14(15-5-6-15)22(17-7-8-17)18(23)12-21-10-3-4-16(9-11-21)20(2)13-19(24)25/h14-17H,3-13H2,1-2H3,(H,24,25). The summed E-state index contributed by atoms with van der Waals surface area (Å²) in [7, 11) is 1.89. The number of carbonyl (C=O) groups is 2. The van der Waals surface area contributed by atoms with Gasteiger partial charge in [-0.15, -0.1) is 0 Å². The highest BCUT2D eigenvalue weighted by atomic mass is 16.4. The Morgan fingerprint density at radius 3 is 2.40 bits per heavy atom. The first-order valence-corrected chi connectivity index (χ1v) is 9.91. The van der Waals surface area contributed by atoms with E-state index in [-0.39, 0.29) is 6.54 Å². The molecule has 6 heteroatoms. The second kappa shape index (κ2) is 8.04. The number of amides is 1. The quantitative estimate of drug-likeness (QED) is 0.720. The average molecular weight is 351 g/mol. The predicted molar refractivity (Wildman–Crippen MR) is 96.4 cm³/mol. The number of carboxylic acid groups (broad SMARTS) is 1. The molecule has 0 aromatic rings.